The molecule has 0 spiro atoms. The summed E-state index contributed by atoms with van der Waals surface area (Å²) < 4.78 is 34.1. The van der Waals surface area contributed by atoms with Gasteiger partial charge < -0.3 is 15.0 Å². The van der Waals surface area contributed by atoms with Gasteiger partial charge >= 0.3 is 0 Å². The van der Waals surface area contributed by atoms with E-state index < -0.39 is 28.5 Å². The van der Waals surface area contributed by atoms with E-state index in [2.05, 4.69) is 5.32 Å². The van der Waals surface area contributed by atoms with Gasteiger partial charge in [-0.15, -0.1) is 0 Å². The Hall–Kier alpha value is -3.27. The van der Waals surface area contributed by atoms with Crippen LogP contribution in [0, 0.1) is 0 Å². The maximum atomic E-state index is 13.8. The van der Waals surface area contributed by atoms with E-state index in [0.29, 0.717) is 34.5 Å². The van der Waals surface area contributed by atoms with E-state index in [9.17, 15) is 18.0 Å². The van der Waals surface area contributed by atoms with Gasteiger partial charge in [0.2, 0.25) is 11.8 Å². The van der Waals surface area contributed by atoms with Crippen LogP contribution in [0.15, 0.2) is 77.7 Å². The van der Waals surface area contributed by atoms with Crippen molar-refractivity contribution in [3.63, 3.8) is 0 Å². The third kappa shape index (κ3) is 7.88. The Balaban J connectivity index is 2.03. The van der Waals surface area contributed by atoms with E-state index in [-0.39, 0.29) is 23.0 Å². The van der Waals surface area contributed by atoms with Gasteiger partial charge in [-0.1, -0.05) is 35.3 Å². The minimum atomic E-state index is -4.20. The molecule has 0 aliphatic heterocycles. The van der Waals surface area contributed by atoms with Gasteiger partial charge in [-0.25, -0.2) is 8.42 Å². The average molecular weight is 593 g/mol. The minimum absolute atomic E-state index is 0.0354. The van der Waals surface area contributed by atoms with Crippen LogP contribution in [0.25, 0.3) is 0 Å². The highest BCUT2D eigenvalue weighted by molar-refractivity contribution is 7.92. The lowest BCUT2D eigenvalue weighted by molar-refractivity contribution is -0.139. The maximum Gasteiger partial charge on any atom is 0.264 e. The van der Waals surface area contributed by atoms with Crippen LogP contribution in [-0.4, -0.2) is 50.9 Å². The van der Waals surface area contributed by atoms with Crippen LogP contribution in [0.2, 0.25) is 10.0 Å². The molecule has 2 amide bonds. The lowest BCUT2D eigenvalue weighted by atomic mass is 10.1. The van der Waals surface area contributed by atoms with Gasteiger partial charge in [-0.05, 0) is 87.0 Å². The monoisotopic (exact) mass is 591 g/mol. The maximum absolute atomic E-state index is 13.8. The molecule has 1 atom stereocenters. The summed E-state index contributed by atoms with van der Waals surface area (Å²) in [6.45, 7) is 5.54. The zero-order valence-electron chi connectivity index (χ0n) is 21.9. The third-order valence-electron chi connectivity index (χ3n) is 5.88. The number of sulfonamides is 1. The standard InChI is InChI=1S/C28H31Cl2N3O5S/c1-4-31-28(35)20(3)32(18-21-7-6-8-23(30)17-21)27(34)19-33(24-11-13-25(14-12-24)38-5-2)39(36,37)26-15-9-22(29)10-16-26/h6-17,20H,4-5,18-19H2,1-3H3,(H,31,35)/t20-/m0/s1. The summed E-state index contributed by atoms with van der Waals surface area (Å²) in [5, 5.41) is 3.58. The van der Waals surface area contributed by atoms with Crippen molar-refractivity contribution in [1.82, 2.24) is 10.2 Å². The van der Waals surface area contributed by atoms with E-state index in [1.54, 1.807) is 62.4 Å². The summed E-state index contributed by atoms with van der Waals surface area (Å²) in [6.07, 6.45) is 0. The molecule has 3 aromatic rings. The van der Waals surface area contributed by atoms with Gasteiger partial charge in [0, 0.05) is 23.1 Å². The normalized spacial score (nSPS) is 11.9. The predicted molar refractivity (Wildman–Crippen MR) is 154 cm³/mol. The van der Waals surface area contributed by atoms with Crippen molar-refractivity contribution in [2.45, 2.75) is 38.3 Å². The molecule has 8 nitrogen and oxygen atoms in total. The van der Waals surface area contributed by atoms with E-state index in [1.807, 2.05) is 6.92 Å². The smallest absolute Gasteiger partial charge is 0.264 e. The summed E-state index contributed by atoms with van der Waals surface area (Å²) in [6, 6.07) is 18.2. The number of ether oxygens (including phenoxy) is 1. The Bertz CT molecular complexity index is 1380. The van der Waals surface area contributed by atoms with Crippen molar-refractivity contribution >= 4 is 50.7 Å². The van der Waals surface area contributed by atoms with Gasteiger partial charge in [-0.2, -0.15) is 0 Å². The molecule has 39 heavy (non-hydrogen) atoms. The number of nitrogens with zero attached hydrogens (tertiary/aromatic N) is 2. The molecule has 0 saturated carbocycles. The van der Waals surface area contributed by atoms with E-state index in [0.717, 1.165) is 4.31 Å². The van der Waals surface area contributed by atoms with Crippen LogP contribution in [-0.2, 0) is 26.2 Å². The van der Waals surface area contributed by atoms with Crippen LogP contribution >= 0.6 is 23.2 Å². The molecule has 3 rings (SSSR count). The zero-order valence-corrected chi connectivity index (χ0v) is 24.3. The summed E-state index contributed by atoms with van der Waals surface area (Å²) in [5.41, 5.74) is 0.954. The summed E-state index contributed by atoms with van der Waals surface area (Å²) in [7, 11) is -4.20. The van der Waals surface area contributed by atoms with Gasteiger partial charge in [0.15, 0.2) is 0 Å². The summed E-state index contributed by atoms with van der Waals surface area (Å²) >= 11 is 12.1. The van der Waals surface area contributed by atoms with Crippen molar-refractivity contribution in [2.24, 2.45) is 0 Å². The number of halogens is 2. The number of benzene rings is 3. The van der Waals surface area contributed by atoms with Gasteiger partial charge in [0.1, 0.15) is 18.3 Å². The molecule has 0 bridgehead atoms. The Morgan fingerprint density at radius 1 is 0.949 bits per heavy atom. The molecule has 0 fully saturated rings. The lowest BCUT2D eigenvalue weighted by Crippen LogP contribution is -2.51. The highest BCUT2D eigenvalue weighted by Crippen LogP contribution is 2.27. The van der Waals surface area contributed by atoms with Crippen LogP contribution in [0.1, 0.15) is 26.3 Å². The van der Waals surface area contributed by atoms with Crippen LogP contribution in [0.4, 0.5) is 5.69 Å². The van der Waals surface area contributed by atoms with Crippen molar-refractivity contribution in [1.29, 1.82) is 0 Å². The number of nitrogens with one attached hydrogen (secondary N) is 1. The Morgan fingerprint density at radius 2 is 1.62 bits per heavy atom. The molecule has 208 valence electrons. The molecule has 3 aromatic carbocycles. The van der Waals surface area contributed by atoms with Gasteiger partial charge in [0.05, 0.1) is 17.2 Å². The zero-order chi connectivity index (χ0) is 28.6. The molecule has 0 unspecified atom stereocenters. The van der Waals surface area contributed by atoms with E-state index >= 15 is 0 Å². The fourth-order valence-electron chi connectivity index (χ4n) is 3.87. The molecule has 0 heterocycles. The first-order valence-electron chi connectivity index (χ1n) is 12.4. The third-order valence-corrected chi connectivity index (χ3v) is 8.15. The topological polar surface area (TPSA) is 96.0 Å². The van der Waals surface area contributed by atoms with Gasteiger partial charge in [0.25, 0.3) is 10.0 Å². The number of carbonyl (C=O) groups excluding carboxylic acids is 2. The fourth-order valence-corrected chi connectivity index (χ4v) is 5.63. The second kappa shape index (κ2) is 13.7. The number of likely N-dealkylation sites (N-methyl/N-ethyl adjacent to an activating group) is 1. The molecular formula is C28H31Cl2N3O5S. The number of rotatable bonds is 12. The molecular weight excluding hydrogens is 561 g/mol. The molecule has 0 radical (unpaired) electrons. The molecule has 0 aromatic heterocycles. The molecule has 0 aliphatic rings. The second-order valence-corrected chi connectivity index (χ2v) is 11.3. The quantitative estimate of drug-likeness (QED) is 0.314. The number of hydrogen-bond donors (Lipinski definition) is 1. The fraction of sp³-hybridized carbons (Fsp3) is 0.286. The SMILES string of the molecule is CCNC(=O)[C@H](C)N(Cc1cccc(Cl)c1)C(=O)CN(c1ccc(OCC)cc1)S(=O)(=O)c1ccc(Cl)cc1. The highest BCUT2D eigenvalue weighted by Gasteiger charge is 2.32. The Morgan fingerprint density at radius 3 is 2.21 bits per heavy atom. The number of anilines is 1. The number of amides is 2. The first kappa shape index (κ1) is 30.3. The lowest BCUT2D eigenvalue weighted by Gasteiger charge is -2.32. The Kier molecular flexibility index (Phi) is 10.6. The predicted octanol–water partition coefficient (Wildman–Crippen LogP) is 5.14. The minimum Gasteiger partial charge on any atom is -0.494 e. The second-order valence-electron chi connectivity index (χ2n) is 8.61. The first-order valence-corrected chi connectivity index (χ1v) is 14.6. The van der Waals surface area contributed by atoms with Crippen LogP contribution < -0.4 is 14.4 Å². The van der Waals surface area contributed by atoms with Crippen LogP contribution in [0.5, 0.6) is 5.75 Å². The molecule has 1 N–H and O–H groups in total. The number of hydrogen-bond acceptors (Lipinski definition) is 5. The van der Waals surface area contributed by atoms with Crippen molar-refractivity contribution in [3.8, 4) is 5.75 Å². The van der Waals surface area contributed by atoms with Gasteiger partial charge in [-0.3, -0.25) is 13.9 Å². The van der Waals surface area contributed by atoms with Crippen molar-refractivity contribution in [2.75, 3.05) is 24.0 Å². The molecule has 0 aliphatic carbocycles. The summed E-state index contributed by atoms with van der Waals surface area (Å²) in [5.74, 6) is -0.370. The first-order chi connectivity index (χ1) is 18.6. The largest absolute Gasteiger partial charge is 0.494 e. The molecule has 11 heteroatoms. The van der Waals surface area contributed by atoms with E-state index in [4.69, 9.17) is 27.9 Å². The van der Waals surface area contributed by atoms with Crippen LogP contribution in [0.3, 0.4) is 0 Å². The number of carbonyl (C=O) groups is 2. The summed E-state index contributed by atoms with van der Waals surface area (Å²) in [4.78, 5) is 27.9. The van der Waals surface area contributed by atoms with Crippen molar-refractivity contribution < 1.29 is 22.7 Å². The molecule has 0 saturated heterocycles. The van der Waals surface area contributed by atoms with Crippen molar-refractivity contribution in [3.05, 3.63) is 88.4 Å². The Labute approximate surface area is 239 Å². The van der Waals surface area contributed by atoms with E-state index in [1.165, 1.54) is 29.2 Å². The highest BCUT2D eigenvalue weighted by atomic mass is 35.5. The average Bonchev–Trinajstić information content (AvgIpc) is 2.91.